The first-order valence-corrected chi connectivity index (χ1v) is 4.12. The molecule has 0 aromatic heterocycles. The summed E-state index contributed by atoms with van der Waals surface area (Å²) < 4.78 is 3.54. The Morgan fingerprint density at radius 3 is 2.83 bits per heavy atom. The molecule has 0 aliphatic rings. The second-order valence-corrected chi connectivity index (χ2v) is 2.60. The van der Waals surface area contributed by atoms with Gasteiger partial charge in [0, 0.05) is 13.5 Å². The van der Waals surface area contributed by atoms with Crippen LogP contribution in [0.25, 0.3) is 0 Å². The lowest BCUT2D eigenvalue weighted by atomic mass is 10.2. The van der Waals surface area contributed by atoms with Crippen molar-refractivity contribution < 1.29 is 14.6 Å². The highest BCUT2D eigenvalue weighted by atomic mass is 17.1. The van der Waals surface area contributed by atoms with Crippen LogP contribution in [-0.2, 0) is 9.37 Å². The minimum atomic E-state index is 0.00412. The second-order valence-electron chi connectivity index (χ2n) is 2.60. The third-order valence-corrected chi connectivity index (χ3v) is 1.44. The van der Waals surface area contributed by atoms with Crippen molar-refractivity contribution >= 4 is 12.2 Å². The fraction of sp³-hybridized carbons (Fsp3) is 0.750. The van der Waals surface area contributed by atoms with Gasteiger partial charge in [0.15, 0.2) is 0 Å². The Bertz CT molecular complexity index is 145. The molecule has 4 heteroatoms. The predicted molar refractivity (Wildman–Crippen MR) is 43.2 cm³/mol. The Hall–Kier alpha value is -1.06. The Morgan fingerprint density at radius 1 is 1.50 bits per heavy atom. The summed E-state index contributed by atoms with van der Waals surface area (Å²) in [4.78, 5) is 10.4. The Balaban J connectivity index is 2.96. The second kappa shape index (κ2) is 8.04. The summed E-state index contributed by atoms with van der Waals surface area (Å²) in [5.41, 5.74) is 0. The van der Waals surface area contributed by atoms with Gasteiger partial charge in [0.25, 0.3) is 0 Å². The fourth-order valence-electron chi connectivity index (χ4n) is 0.842. The molecule has 0 unspecified atom stereocenters. The van der Waals surface area contributed by atoms with Crippen molar-refractivity contribution in [2.45, 2.75) is 32.6 Å². The predicted octanol–water partition coefficient (Wildman–Crippen LogP) is -0.307. The van der Waals surface area contributed by atoms with Crippen LogP contribution >= 0.6 is 0 Å². The molecule has 0 aromatic rings. The quantitative estimate of drug-likeness (QED) is 0.197. The maximum Gasteiger partial charge on any atom is 0.318 e. The van der Waals surface area contributed by atoms with Crippen LogP contribution in [0.4, 0.5) is 0 Å². The van der Waals surface area contributed by atoms with Crippen LogP contribution in [0.1, 0.15) is 32.6 Å². The number of hydrogen-bond acceptors (Lipinski definition) is 2. The Morgan fingerprint density at radius 2 is 2.25 bits per heavy atom. The van der Waals surface area contributed by atoms with Gasteiger partial charge in [-0.1, -0.05) is 6.42 Å². The van der Waals surface area contributed by atoms with Gasteiger partial charge in [-0.05, 0) is 12.8 Å². The molecule has 0 aliphatic carbocycles. The standard InChI is InChI=1S/C8H15NO3/c1-8(10)9-6-4-2-3-5-7-12-11/h7H,2-6H2,1H3,(H,9,10). The van der Waals surface area contributed by atoms with E-state index >= 15 is 0 Å². The summed E-state index contributed by atoms with van der Waals surface area (Å²) in [6.07, 6.45) is 4.82. The first kappa shape index (κ1) is 10.9. The van der Waals surface area contributed by atoms with Crippen molar-refractivity contribution in [3.8, 4) is 0 Å². The lowest BCUT2D eigenvalue weighted by molar-refractivity contribution is -1.04. The van der Waals surface area contributed by atoms with Crippen LogP contribution in [0.2, 0.25) is 0 Å². The molecular formula is C8H15NO3. The molecule has 0 saturated heterocycles. The van der Waals surface area contributed by atoms with E-state index in [1.54, 1.807) is 0 Å². The first-order valence-electron chi connectivity index (χ1n) is 4.12. The smallest absolute Gasteiger partial charge is 0.318 e. The van der Waals surface area contributed by atoms with Gasteiger partial charge >= 0.3 is 6.29 Å². The molecular weight excluding hydrogens is 158 g/mol. The number of nitrogens with one attached hydrogen (secondary N) is 1. The molecule has 0 fully saturated rings. The molecule has 0 heterocycles. The van der Waals surface area contributed by atoms with Crippen LogP contribution < -0.4 is 10.6 Å². The van der Waals surface area contributed by atoms with Crippen molar-refractivity contribution in [3.05, 3.63) is 0 Å². The molecule has 0 rings (SSSR count). The molecule has 0 aliphatic heterocycles. The van der Waals surface area contributed by atoms with Gasteiger partial charge in [0.2, 0.25) is 5.91 Å². The average Bonchev–Trinajstić information content (AvgIpc) is 2.02. The Kier molecular flexibility index (Phi) is 7.33. The fourth-order valence-corrected chi connectivity index (χ4v) is 0.842. The van der Waals surface area contributed by atoms with Gasteiger partial charge in [-0.25, -0.2) is 0 Å². The zero-order chi connectivity index (χ0) is 9.23. The van der Waals surface area contributed by atoms with Crippen LogP contribution in [0, 0.1) is 0 Å². The minimum Gasteiger partial charge on any atom is -0.463 e. The van der Waals surface area contributed by atoms with Crippen molar-refractivity contribution in [2.75, 3.05) is 6.54 Å². The maximum absolute atomic E-state index is 10.4. The summed E-state index contributed by atoms with van der Waals surface area (Å²) in [6.45, 7) is 2.21. The number of unbranched alkanes of at least 4 members (excludes halogenated alkanes) is 3. The molecule has 0 spiro atoms. The van der Waals surface area contributed by atoms with E-state index in [1.165, 1.54) is 13.2 Å². The zero-order valence-corrected chi connectivity index (χ0v) is 7.34. The van der Waals surface area contributed by atoms with Crippen LogP contribution in [0.15, 0.2) is 0 Å². The number of carbonyl (C=O) groups excluding carboxylic acids is 2. The number of amides is 1. The molecule has 70 valence electrons. The minimum absolute atomic E-state index is 0.00412. The van der Waals surface area contributed by atoms with Gasteiger partial charge in [-0.3, -0.25) is 4.79 Å². The lowest BCUT2D eigenvalue weighted by Gasteiger charge is -1.99. The molecule has 0 aromatic carbocycles. The van der Waals surface area contributed by atoms with E-state index < -0.39 is 0 Å². The highest BCUT2D eigenvalue weighted by Gasteiger charge is 1.92. The van der Waals surface area contributed by atoms with E-state index in [0.717, 1.165) is 19.3 Å². The molecule has 1 amide bonds. The van der Waals surface area contributed by atoms with E-state index in [1.807, 2.05) is 0 Å². The molecule has 0 radical (unpaired) electrons. The number of carbonyl (C=O) groups is 1. The molecule has 4 nitrogen and oxygen atoms in total. The lowest BCUT2D eigenvalue weighted by Crippen LogP contribution is -2.20. The zero-order valence-electron chi connectivity index (χ0n) is 7.34. The van der Waals surface area contributed by atoms with E-state index in [9.17, 15) is 10.1 Å². The molecule has 1 N–H and O–H groups in total. The summed E-state index contributed by atoms with van der Waals surface area (Å²) in [5, 5.41) is 12.2. The van der Waals surface area contributed by atoms with Crippen molar-refractivity contribution in [3.63, 3.8) is 0 Å². The third-order valence-electron chi connectivity index (χ3n) is 1.44. The molecule has 12 heavy (non-hydrogen) atoms. The van der Waals surface area contributed by atoms with E-state index in [0.29, 0.717) is 13.0 Å². The summed E-state index contributed by atoms with van der Waals surface area (Å²) in [5.74, 6) is 0.00412. The summed E-state index contributed by atoms with van der Waals surface area (Å²) >= 11 is 0. The number of aldehydes is 1. The monoisotopic (exact) mass is 173 g/mol. The first-order chi connectivity index (χ1) is 5.77. The highest BCUT2D eigenvalue weighted by molar-refractivity contribution is 5.72. The Labute approximate surface area is 72.2 Å². The average molecular weight is 173 g/mol. The van der Waals surface area contributed by atoms with Gasteiger partial charge in [-0.2, -0.15) is 4.58 Å². The molecule has 0 bridgehead atoms. The normalized spacial score (nSPS) is 10.4. The van der Waals surface area contributed by atoms with Crippen molar-refractivity contribution in [2.24, 2.45) is 0 Å². The van der Waals surface area contributed by atoms with Gasteiger partial charge < -0.3 is 10.6 Å². The summed E-state index contributed by atoms with van der Waals surface area (Å²) in [6, 6.07) is 0. The van der Waals surface area contributed by atoms with E-state index in [-0.39, 0.29) is 5.91 Å². The maximum atomic E-state index is 10.4. The van der Waals surface area contributed by atoms with Gasteiger partial charge in [0.05, 0.1) is 6.42 Å². The third kappa shape index (κ3) is 8.94. The molecule has 0 atom stereocenters. The van der Waals surface area contributed by atoms with E-state index in [4.69, 9.17) is 0 Å². The largest absolute Gasteiger partial charge is 0.463 e. The van der Waals surface area contributed by atoms with Crippen LogP contribution in [-0.4, -0.2) is 18.7 Å². The van der Waals surface area contributed by atoms with Crippen molar-refractivity contribution in [1.82, 2.24) is 5.32 Å². The number of hydrogen-bond donors (Lipinski definition) is 1. The summed E-state index contributed by atoms with van der Waals surface area (Å²) in [7, 11) is 0. The van der Waals surface area contributed by atoms with Crippen molar-refractivity contribution in [1.29, 1.82) is 0 Å². The molecule has 0 saturated carbocycles. The highest BCUT2D eigenvalue weighted by Crippen LogP contribution is 1.95. The number of rotatable bonds is 6. The van der Waals surface area contributed by atoms with Crippen LogP contribution in [0.3, 0.4) is 0 Å². The van der Waals surface area contributed by atoms with E-state index in [2.05, 4.69) is 9.89 Å². The SMILES string of the molecule is CC(=O)NCCCCCC=[O+][O-]. The van der Waals surface area contributed by atoms with Crippen LogP contribution in [0.5, 0.6) is 0 Å². The van der Waals surface area contributed by atoms with Gasteiger partial charge in [-0.15, -0.1) is 0 Å². The van der Waals surface area contributed by atoms with Gasteiger partial charge in [0.1, 0.15) is 0 Å². The topological polar surface area (TPSA) is 63.5 Å².